The van der Waals surface area contributed by atoms with Crippen LogP contribution in [0.4, 0.5) is 5.69 Å². The fourth-order valence-corrected chi connectivity index (χ4v) is 3.49. The van der Waals surface area contributed by atoms with Crippen molar-refractivity contribution >= 4 is 17.7 Å². The minimum absolute atomic E-state index is 0.0139. The highest BCUT2D eigenvalue weighted by atomic mass is 16.1. The van der Waals surface area contributed by atoms with Crippen molar-refractivity contribution in [3.8, 4) is 0 Å². The quantitative estimate of drug-likeness (QED) is 0.645. The Morgan fingerprint density at radius 2 is 2.21 bits per heavy atom. The predicted molar refractivity (Wildman–Crippen MR) is 77.3 cm³/mol. The summed E-state index contributed by atoms with van der Waals surface area (Å²) in [7, 11) is 0. The summed E-state index contributed by atoms with van der Waals surface area (Å²) in [6, 6.07) is 7.94. The van der Waals surface area contributed by atoms with Crippen LogP contribution >= 0.6 is 0 Å². The van der Waals surface area contributed by atoms with Crippen molar-refractivity contribution in [2.45, 2.75) is 31.7 Å². The van der Waals surface area contributed by atoms with Gasteiger partial charge in [-0.25, -0.2) is 0 Å². The van der Waals surface area contributed by atoms with Gasteiger partial charge >= 0.3 is 0 Å². The van der Waals surface area contributed by atoms with E-state index in [4.69, 9.17) is 5.73 Å². The van der Waals surface area contributed by atoms with Crippen LogP contribution in [0.1, 0.15) is 31.2 Å². The van der Waals surface area contributed by atoms with Gasteiger partial charge in [-0.3, -0.25) is 4.79 Å². The molecule has 0 aliphatic heterocycles. The molecular formula is C16H20N2O. The van der Waals surface area contributed by atoms with Gasteiger partial charge in [-0.2, -0.15) is 0 Å². The molecule has 2 saturated carbocycles. The zero-order valence-electron chi connectivity index (χ0n) is 11.0. The second kappa shape index (κ2) is 5.08. The van der Waals surface area contributed by atoms with E-state index >= 15 is 0 Å². The van der Waals surface area contributed by atoms with Crippen LogP contribution in [0.5, 0.6) is 0 Å². The summed E-state index contributed by atoms with van der Waals surface area (Å²) >= 11 is 0. The first kappa shape index (κ1) is 12.3. The minimum atomic E-state index is 0.0139. The predicted octanol–water partition coefficient (Wildman–Crippen LogP) is 2.59. The highest BCUT2D eigenvalue weighted by Gasteiger charge is 2.39. The van der Waals surface area contributed by atoms with Gasteiger partial charge < -0.3 is 11.1 Å². The lowest BCUT2D eigenvalue weighted by molar-refractivity contribution is -0.117. The summed E-state index contributed by atoms with van der Waals surface area (Å²) in [5.41, 5.74) is 7.38. The van der Waals surface area contributed by atoms with E-state index in [1.807, 2.05) is 30.3 Å². The van der Waals surface area contributed by atoms with Crippen LogP contribution in [0.25, 0.3) is 6.08 Å². The van der Waals surface area contributed by atoms with Crippen molar-refractivity contribution in [3.05, 3.63) is 35.9 Å². The molecule has 3 atom stereocenters. The minimum Gasteiger partial charge on any atom is -0.399 e. The molecule has 0 aromatic heterocycles. The third-order valence-corrected chi connectivity index (χ3v) is 4.40. The zero-order chi connectivity index (χ0) is 13.2. The van der Waals surface area contributed by atoms with Crippen LogP contribution in [0.2, 0.25) is 0 Å². The summed E-state index contributed by atoms with van der Waals surface area (Å²) in [6.07, 6.45) is 8.55. The molecule has 0 spiro atoms. The summed E-state index contributed by atoms with van der Waals surface area (Å²) in [5, 5.41) is 3.14. The molecule has 19 heavy (non-hydrogen) atoms. The number of amides is 1. The summed E-state index contributed by atoms with van der Waals surface area (Å²) < 4.78 is 0. The Kier molecular flexibility index (Phi) is 3.28. The maximum Gasteiger partial charge on any atom is 0.244 e. The lowest BCUT2D eigenvalue weighted by Crippen LogP contribution is -2.37. The van der Waals surface area contributed by atoms with Gasteiger partial charge in [0.15, 0.2) is 0 Å². The van der Waals surface area contributed by atoms with Gasteiger partial charge in [0, 0.05) is 17.8 Å². The maximum atomic E-state index is 11.9. The van der Waals surface area contributed by atoms with E-state index in [9.17, 15) is 4.79 Å². The number of hydrogen-bond acceptors (Lipinski definition) is 2. The second-order valence-electron chi connectivity index (χ2n) is 5.79. The van der Waals surface area contributed by atoms with Gasteiger partial charge in [0.25, 0.3) is 0 Å². The fraction of sp³-hybridized carbons (Fsp3) is 0.438. The van der Waals surface area contributed by atoms with Crippen LogP contribution in [-0.2, 0) is 4.79 Å². The second-order valence-corrected chi connectivity index (χ2v) is 5.79. The van der Waals surface area contributed by atoms with Gasteiger partial charge in [0.2, 0.25) is 5.91 Å². The van der Waals surface area contributed by atoms with Gasteiger partial charge in [-0.05, 0) is 54.9 Å². The Morgan fingerprint density at radius 1 is 1.32 bits per heavy atom. The number of nitrogens with one attached hydrogen (secondary N) is 1. The molecule has 0 radical (unpaired) electrons. The number of hydrogen-bond donors (Lipinski definition) is 2. The number of nitrogen functional groups attached to an aromatic ring is 1. The third-order valence-electron chi connectivity index (χ3n) is 4.40. The van der Waals surface area contributed by atoms with Gasteiger partial charge in [-0.1, -0.05) is 18.6 Å². The summed E-state index contributed by atoms with van der Waals surface area (Å²) in [6.45, 7) is 0. The highest BCUT2D eigenvalue weighted by molar-refractivity contribution is 5.92. The summed E-state index contributed by atoms with van der Waals surface area (Å²) in [4.78, 5) is 11.9. The molecule has 2 aliphatic carbocycles. The zero-order valence-corrected chi connectivity index (χ0v) is 11.0. The van der Waals surface area contributed by atoms with Crippen molar-refractivity contribution in [2.24, 2.45) is 11.8 Å². The van der Waals surface area contributed by atoms with Crippen LogP contribution in [0.15, 0.2) is 30.3 Å². The number of nitrogens with two attached hydrogens (primary N) is 1. The smallest absolute Gasteiger partial charge is 0.244 e. The van der Waals surface area contributed by atoms with E-state index in [1.165, 1.54) is 25.7 Å². The Labute approximate surface area is 113 Å². The average Bonchev–Trinajstić information content (AvgIpc) is 2.99. The molecule has 100 valence electrons. The van der Waals surface area contributed by atoms with E-state index in [0.717, 1.165) is 23.1 Å². The van der Waals surface area contributed by atoms with Crippen LogP contribution < -0.4 is 11.1 Å². The molecule has 3 unspecified atom stereocenters. The molecule has 3 N–H and O–H groups in total. The van der Waals surface area contributed by atoms with Crippen LogP contribution in [0, 0.1) is 11.8 Å². The molecule has 1 amide bonds. The molecule has 3 rings (SSSR count). The first-order valence-corrected chi connectivity index (χ1v) is 7.05. The average molecular weight is 256 g/mol. The molecule has 2 bridgehead atoms. The lowest BCUT2D eigenvalue weighted by Gasteiger charge is -2.22. The number of anilines is 1. The van der Waals surface area contributed by atoms with E-state index in [0.29, 0.717) is 6.04 Å². The number of rotatable bonds is 3. The Balaban J connectivity index is 1.56. The topological polar surface area (TPSA) is 55.1 Å². The molecule has 0 heterocycles. The van der Waals surface area contributed by atoms with Crippen molar-refractivity contribution in [3.63, 3.8) is 0 Å². The molecule has 0 saturated heterocycles. The Hall–Kier alpha value is -1.77. The lowest BCUT2D eigenvalue weighted by atomic mass is 9.95. The number of carbonyl (C=O) groups excluding carboxylic acids is 1. The maximum absolute atomic E-state index is 11.9. The Morgan fingerprint density at radius 3 is 2.89 bits per heavy atom. The molecule has 1 aromatic carbocycles. The standard InChI is InChI=1S/C16H20N2O/c17-14-3-1-2-11(9-14)5-7-16(19)18-15-10-12-4-6-13(15)8-12/h1-3,5,7,9,12-13,15H,4,6,8,10,17H2,(H,18,19)/b7-5+. The van der Waals surface area contributed by atoms with E-state index in [-0.39, 0.29) is 5.91 Å². The monoisotopic (exact) mass is 256 g/mol. The van der Waals surface area contributed by atoms with Crippen molar-refractivity contribution in [1.82, 2.24) is 5.32 Å². The third kappa shape index (κ3) is 2.80. The van der Waals surface area contributed by atoms with Gasteiger partial charge in [-0.15, -0.1) is 0 Å². The molecule has 2 aliphatic rings. The summed E-state index contributed by atoms with van der Waals surface area (Å²) in [5.74, 6) is 1.59. The van der Waals surface area contributed by atoms with Crippen molar-refractivity contribution in [2.75, 3.05) is 5.73 Å². The largest absolute Gasteiger partial charge is 0.399 e. The number of benzene rings is 1. The number of carbonyl (C=O) groups is 1. The molecular weight excluding hydrogens is 236 g/mol. The Bertz CT molecular complexity index is 509. The molecule has 2 fully saturated rings. The normalized spacial score (nSPS) is 28.9. The van der Waals surface area contributed by atoms with Crippen LogP contribution in [0.3, 0.4) is 0 Å². The fourth-order valence-electron chi connectivity index (χ4n) is 3.49. The molecule has 1 aromatic rings. The van der Waals surface area contributed by atoms with E-state index in [2.05, 4.69) is 5.32 Å². The van der Waals surface area contributed by atoms with Crippen LogP contribution in [-0.4, -0.2) is 11.9 Å². The van der Waals surface area contributed by atoms with Crippen molar-refractivity contribution in [1.29, 1.82) is 0 Å². The SMILES string of the molecule is Nc1cccc(/C=C/C(=O)NC2CC3CCC2C3)c1. The first-order valence-electron chi connectivity index (χ1n) is 7.05. The van der Waals surface area contributed by atoms with E-state index in [1.54, 1.807) is 6.08 Å². The van der Waals surface area contributed by atoms with E-state index < -0.39 is 0 Å². The molecule has 3 nitrogen and oxygen atoms in total. The first-order chi connectivity index (χ1) is 9.20. The number of fused-ring (bicyclic) bond motifs is 2. The molecule has 3 heteroatoms. The highest BCUT2D eigenvalue weighted by Crippen LogP contribution is 2.44. The van der Waals surface area contributed by atoms with Gasteiger partial charge in [0.1, 0.15) is 0 Å². The van der Waals surface area contributed by atoms with Crippen molar-refractivity contribution < 1.29 is 4.79 Å². The van der Waals surface area contributed by atoms with Gasteiger partial charge in [0.05, 0.1) is 0 Å².